The lowest BCUT2D eigenvalue weighted by atomic mass is 9.98. The number of piperidine rings is 2. The molecule has 7 rings (SSSR count). The van der Waals surface area contributed by atoms with E-state index in [1.807, 2.05) is 29.2 Å². The molecule has 0 bridgehead atoms. The second-order valence-corrected chi connectivity index (χ2v) is 14.2. The monoisotopic (exact) mass is 697 g/mol. The van der Waals surface area contributed by atoms with Gasteiger partial charge in [0.2, 0.25) is 5.91 Å². The number of nitrogens with zero attached hydrogens (tertiary/aromatic N) is 6. The fraction of sp³-hybridized carbons (Fsp3) is 0.459. The van der Waals surface area contributed by atoms with Gasteiger partial charge in [0.25, 0.3) is 0 Å². The molecular weight excluding hydrogens is 654 g/mol. The molecule has 0 spiro atoms. The third-order valence-corrected chi connectivity index (χ3v) is 11.1. The largest absolute Gasteiger partial charge is 0.397 e. The standard InChI is InChI=1S/C37H44ClN9O3/c1-3-25-20-24(21-29(38)33(25)39)22-31(35(48)45-12-8-26(9-13-45)44-18-16-43(2)17-19-44)41-36(49)46-14-10-27(11-15-46)47-32-23-40-30-7-5-4-6-28(30)34(32)42-37(47)50/h1,4-7,20-21,23,26-27,31H,8-19,22,39H2,2H3,(H,41,49)(H,42,50)/t31-/m1/s1. The van der Waals surface area contributed by atoms with E-state index in [1.54, 1.807) is 27.8 Å². The molecule has 3 fully saturated rings. The highest BCUT2D eigenvalue weighted by molar-refractivity contribution is 6.33. The third-order valence-electron chi connectivity index (χ3n) is 10.8. The van der Waals surface area contributed by atoms with Crippen molar-refractivity contribution in [1.29, 1.82) is 0 Å². The number of fused-ring (bicyclic) bond motifs is 3. The minimum atomic E-state index is -0.818. The van der Waals surface area contributed by atoms with E-state index in [0.717, 1.165) is 66.5 Å². The number of likely N-dealkylation sites (tertiary alicyclic amines) is 2. The number of aromatic amines is 1. The molecule has 3 aliphatic heterocycles. The van der Waals surface area contributed by atoms with Crippen LogP contribution in [0.15, 0.2) is 47.4 Å². The van der Waals surface area contributed by atoms with E-state index in [4.69, 9.17) is 23.8 Å². The summed E-state index contributed by atoms with van der Waals surface area (Å²) in [5.41, 5.74) is 9.74. The molecule has 5 heterocycles. The van der Waals surface area contributed by atoms with Gasteiger partial charge in [-0.25, -0.2) is 9.59 Å². The first-order valence-electron chi connectivity index (χ1n) is 17.5. The zero-order chi connectivity index (χ0) is 34.9. The molecule has 4 aromatic rings. The number of pyridine rings is 1. The Morgan fingerprint density at radius 1 is 1.02 bits per heavy atom. The van der Waals surface area contributed by atoms with Crippen molar-refractivity contribution < 1.29 is 9.59 Å². The number of rotatable bonds is 6. The fourth-order valence-electron chi connectivity index (χ4n) is 7.86. The smallest absolute Gasteiger partial charge is 0.326 e. The van der Waals surface area contributed by atoms with Gasteiger partial charge in [0.05, 0.1) is 33.5 Å². The van der Waals surface area contributed by atoms with Crippen molar-refractivity contribution in [3.05, 3.63) is 69.2 Å². The highest BCUT2D eigenvalue weighted by Gasteiger charge is 2.34. The van der Waals surface area contributed by atoms with Crippen LogP contribution in [0.25, 0.3) is 21.9 Å². The number of carbonyl (C=O) groups excluding carboxylic acids is 2. The summed E-state index contributed by atoms with van der Waals surface area (Å²) in [6.07, 6.45) is 10.6. The molecule has 4 N–H and O–H groups in total. The van der Waals surface area contributed by atoms with Gasteiger partial charge in [-0.15, -0.1) is 6.42 Å². The number of nitrogens with two attached hydrogens (primary N) is 1. The summed E-state index contributed by atoms with van der Waals surface area (Å²) >= 11 is 6.42. The van der Waals surface area contributed by atoms with Gasteiger partial charge < -0.3 is 30.7 Å². The van der Waals surface area contributed by atoms with Crippen LogP contribution in [0.4, 0.5) is 10.5 Å². The van der Waals surface area contributed by atoms with Crippen LogP contribution >= 0.6 is 11.6 Å². The zero-order valence-corrected chi connectivity index (χ0v) is 29.2. The van der Waals surface area contributed by atoms with E-state index in [2.05, 4.69) is 38.1 Å². The molecule has 3 amide bonds. The molecule has 1 atom stereocenters. The lowest BCUT2D eigenvalue weighted by molar-refractivity contribution is -0.135. The van der Waals surface area contributed by atoms with Crippen molar-refractivity contribution in [2.75, 3.05) is 65.1 Å². The van der Waals surface area contributed by atoms with Crippen LogP contribution < -0.4 is 16.7 Å². The van der Waals surface area contributed by atoms with Gasteiger partial charge >= 0.3 is 11.7 Å². The van der Waals surface area contributed by atoms with E-state index in [1.165, 1.54) is 0 Å². The number of amides is 3. The summed E-state index contributed by atoms with van der Waals surface area (Å²) < 4.78 is 1.77. The second kappa shape index (κ2) is 14.3. The number of carbonyl (C=O) groups is 2. The highest BCUT2D eigenvalue weighted by Crippen LogP contribution is 2.29. The fourth-order valence-corrected chi connectivity index (χ4v) is 8.10. The summed E-state index contributed by atoms with van der Waals surface area (Å²) in [4.78, 5) is 57.2. The van der Waals surface area contributed by atoms with E-state index >= 15 is 0 Å². The molecule has 13 heteroatoms. The Labute approximate surface area is 296 Å². The summed E-state index contributed by atoms with van der Waals surface area (Å²) in [6.45, 7) is 6.34. The maximum absolute atomic E-state index is 14.1. The van der Waals surface area contributed by atoms with E-state index in [-0.39, 0.29) is 30.1 Å². The van der Waals surface area contributed by atoms with Crippen molar-refractivity contribution in [1.82, 2.24) is 39.5 Å². The van der Waals surface area contributed by atoms with Crippen LogP contribution in [-0.2, 0) is 11.2 Å². The van der Waals surface area contributed by atoms with Gasteiger partial charge in [-0.2, -0.15) is 0 Å². The van der Waals surface area contributed by atoms with Gasteiger partial charge in [0.15, 0.2) is 0 Å². The predicted molar refractivity (Wildman–Crippen MR) is 196 cm³/mol. The van der Waals surface area contributed by atoms with Crippen LogP contribution in [0.3, 0.4) is 0 Å². The molecule has 0 saturated carbocycles. The Balaban J connectivity index is 1.04. The number of H-pyrrole nitrogens is 1. The van der Waals surface area contributed by atoms with Crippen molar-refractivity contribution in [3.8, 4) is 12.3 Å². The SMILES string of the molecule is C#Cc1cc(C[C@@H](NC(=O)N2CCC(n3c(=O)[nH]c4c5ccccc5ncc43)CC2)C(=O)N2CCC(N3CCN(C)CC3)CC2)cc(Cl)c1N. The lowest BCUT2D eigenvalue weighted by Crippen LogP contribution is -2.57. The minimum Gasteiger partial charge on any atom is -0.397 e. The molecule has 0 aliphatic carbocycles. The topological polar surface area (TPSA) is 136 Å². The number of nitrogen functional groups attached to an aromatic ring is 1. The number of anilines is 1. The number of imidazole rings is 1. The molecule has 3 saturated heterocycles. The first-order valence-corrected chi connectivity index (χ1v) is 17.9. The van der Waals surface area contributed by atoms with Crippen molar-refractivity contribution in [2.24, 2.45) is 0 Å². The molecule has 50 heavy (non-hydrogen) atoms. The van der Waals surface area contributed by atoms with E-state index < -0.39 is 6.04 Å². The normalized spacial score (nSPS) is 19.1. The molecule has 2 aromatic carbocycles. The summed E-state index contributed by atoms with van der Waals surface area (Å²) in [6, 6.07) is 10.4. The van der Waals surface area contributed by atoms with E-state index in [9.17, 15) is 14.4 Å². The molecule has 12 nitrogen and oxygen atoms in total. The van der Waals surface area contributed by atoms with Crippen molar-refractivity contribution >= 4 is 51.2 Å². The Morgan fingerprint density at radius 3 is 2.42 bits per heavy atom. The number of terminal acetylenes is 1. The zero-order valence-electron chi connectivity index (χ0n) is 28.4. The van der Waals surface area contributed by atoms with Crippen LogP contribution in [0.1, 0.15) is 42.9 Å². The third kappa shape index (κ3) is 6.77. The Bertz CT molecular complexity index is 1990. The maximum atomic E-state index is 14.1. The Kier molecular flexibility index (Phi) is 9.73. The number of aromatic nitrogens is 3. The van der Waals surface area contributed by atoms with Crippen molar-refractivity contribution in [2.45, 2.75) is 50.2 Å². The molecule has 0 unspecified atom stereocenters. The van der Waals surface area contributed by atoms with Crippen LogP contribution in [0.5, 0.6) is 0 Å². The average molecular weight is 698 g/mol. The summed E-state index contributed by atoms with van der Waals surface area (Å²) in [5, 5.41) is 4.28. The number of hydrogen-bond donors (Lipinski definition) is 3. The summed E-state index contributed by atoms with van der Waals surface area (Å²) in [5.74, 6) is 2.45. The second-order valence-electron chi connectivity index (χ2n) is 13.8. The number of urea groups is 1. The molecule has 0 radical (unpaired) electrons. The molecular formula is C37H44ClN9O3. The van der Waals surface area contributed by atoms with Gasteiger partial charge in [-0.05, 0) is 56.5 Å². The predicted octanol–water partition coefficient (Wildman–Crippen LogP) is 3.29. The number of piperazine rings is 1. The van der Waals surface area contributed by atoms with Gasteiger partial charge in [-0.3, -0.25) is 19.2 Å². The van der Waals surface area contributed by atoms with Gasteiger partial charge in [0, 0.05) is 81.8 Å². The summed E-state index contributed by atoms with van der Waals surface area (Å²) in [7, 11) is 2.15. The van der Waals surface area contributed by atoms with E-state index in [0.29, 0.717) is 61.3 Å². The number of halogens is 1. The van der Waals surface area contributed by atoms with Crippen LogP contribution in [0, 0.1) is 12.3 Å². The Morgan fingerprint density at radius 2 is 1.70 bits per heavy atom. The molecule has 262 valence electrons. The molecule has 3 aliphatic rings. The number of nitrogens with one attached hydrogen (secondary N) is 2. The number of hydrogen-bond acceptors (Lipinski definition) is 7. The van der Waals surface area contributed by atoms with Crippen LogP contribution in [0.2, 0.25) is 5.02 Å². The maximum Gasteiger partial charge on any atom is 0.326 e. The average Bonchev–Trinajstić information content (AvgIpc) is 3.49. The number of benzene rings is 2. The van der Waals surface area contributed by atoms with Gasteiger partial charge in [0.1, 0.15) is 6.04 Å². The highest BCUT2D eigenvalue weighted by atomic mass is 35.5. The van der Waals surface area contributed by atoms with Gasteiger partial charge in [-0.1, -0.05) is 35.7 Å². The van der Waals surface area contributed by atoms with Crippen molar-refractivity contribution in [3.63, 3.8) is 0 Å². The quantitative estimate of drug-likeness (QED) is 0.208. The number of likely N-dealkylation sites (N-methyl/N-ethyl adjacent to an activating group) is 1. The molecule has 2 aromatic heterocycles. The van der Waals surface area contributed by atoms with Crippen LogP contribution in [-0.4, -0.2) is 118 Å². The lowest BCUT2D eigenvalue weighted by Gasteiger charge is -2.42. The Hall–Kier alpha value is -4.57. The first kappa shape index (κ1) is 33.9. The first-order chi connectivity index (χ1) is 24.2. The minimum absolute atomic E-state index is 0.0959. The number of para-hydroxylation sites is 1.